The highest BCUT2D eigenvalue weighted by atomic mass is 16.5. The average molecular weight is 277 g/mol. The predicted molar refractivity (Wildman–Crippen MR) is 81.9 cm³/mol. The zero-order valence-electron chi connectivity index (χ0n) is 13.0. The van der Waals surface area contributed by atoms with E-state index in [4.69, 9.17) is 4.74 Å². The minimum atomic E-state index is 0.00472. The Morgan fingerprint density at radius 1 is 1.15 bits per heavy atom. The van der Waals surface area contributed by atoms with E-state index >= 15 is 0 Å². The van der Waals surface area contributed by atoms with Gasteiger partial charge in [0.2, 0.25) is 0 Å². The van der Waals surface area contributed by atoms with Crippen molar-refractivity contribution in [1.29, 1.82) is 0 Å². The van der Waals surface area contributed by atoms with Crippen LogP contribution in [0.1, 0.15) is 35.1 Å². The van der Waals surface area contributed by atoms with Gasteiger partial charge >= 0.3 is 0 Å². The second kappa shape index (κ2) is 6.70. The summed E-state index contributed by atoms with van der Waals surface area (Å²) < 4.78 is 5.40. The molecule has 20 heavy (non-hydrogen) atoms. The number of aryl methyl sites for hydroxylation is 3. The van der Waals surface area contributed by atoms with Gasteiger partial charge in [-0.1, -0.05) is 17.7 Å². The molecule has 0 unspecified atom stereocenters. The standard InChI is InChI=1S/C17H27NO2/c1-13-8-14(2)16(15(3)9-13)10-18-11-17(12-19)4-6-20-7-5-17/h8-9,18-19H,4-7,10-12H2,1-3H3. The summed E-state index contributed by atoms with van der Waals surface area (Å²) in [5.41, 5.74) is 5.40. The molecule has 1 aromatic carbocycles. The van der Waals surface area contributed by atoms with Crippen LogP contribution in [0, 0.1) is 26.2 Å². The van der Waals surface area contributed by atoms with E-state index in [-0.39, 0.29) is 12.0 Å². The number of ether oxygens (including phenoxy) is 1. The van der Waals surface area contributed by atoms with Gasteiger partial charge in [-0.3, -0.25) is 0 Å². The van der Waals surface area contributed by atoms with E-state index < -0.39 is 0 Å². The molecule has 3 nitrogen and oxygen atoms in total. The largest absolute Gasteiger partial charge is 0.396 e. The van der Waals surface area contributed by atoms with Gasteiger partial charge in [-0.2, -0.15) is 0 Å². The lowest BCUT2D eigenvalue weighted by Gasteiger charge is -2.35. The average Bonchev–Trinajstić information content (AvgIpc) is 2.43. The van der Waals surface area contributed by atoms with E-state index in [0.29, 0.717) is 0 Å². The van der Waals surface area contributed by atoms with Crippen LogP contribution in [0.15, 0.2) is 12.1 Å². The van der Waals surface area contributed by atoms with Crippen LogP contribution in [0.3, 0.4) is 0 Å². The summed E-state index contributed by atoms with van der Waals surface area (Å²) in [4.78, 5) is 0. The molecule has 0 amide bonds. The summed E-state index contributed by atoms with van der Waals surface area (Å²) in [6, 6.07) is 4.47. The molecule has 1 aromatic rings. The molecule has 1 aliphatic rings. The fourth-order valence-electron chi connectivity index (χ4n) is 3.14. The van der Waals surface area contributed by atoms with Crippen LogP contribution >= 0.6 is 0 Å². The number of hydrogen-bond donors (Lipinski definition) is 2. The first-order valence-corrected chi connectivity index (χ1v) is 7.52. The lowest BCUT2D eigenvalue weighted by Crippen LogP contribution is -2.41. The van der Waals surface area contributed by atoms with Crippen molar-refractivity contribution < 1.29 is 9.84 Å². The van der Waals surface area contributed by atoms with E-state index in [1.807, 2.05) is 0 Å². The minimum absolute atomic E-state index is 0.00472. The highest BCUT2D eigenvalue weighted by Crippen LogP contribution is 2.29. The molecule has 1 heterocycles. The Morgan fingerprint density at radius 2 is 1.75 bits per heavy atom. The van der Waals surface area contributed by atoms with Gasteiger partial charge < -0.3 is 15.2 Å². The third-order valence-corrected chi connectivity index (χ3v) is 4.53. The normalized spacial score (nSPS) is 18.2. The lowest BCUT2D eigenvalue weighted by atomic mass is 9.81. The molecule has 112 valence electrons. The number of hydrogen-bond acceptors (Lipinski definition) is 3. The van der Waals surface area contributed by atoms with Crippen LogP contribution in [-0.2, 0) is 11.3 Å². The Hall–Kier alpha value is -0.900. The molecule has 0 aromatic heterocycles. The van der Waals surface area contributed by atoms with Crippen LogP contribution in [0.4, 0.5) is 0 Å². The highest BCUT2D eigenvalue weighted by Gasteiger charge is 2.31. The van der Waals surface area contributed by atoms with Gasteiger partial charge in [0.15, 0.2) is 0 Å². The smallest absolute Gasteiger partial charge is 0.0501 e. The summed E-state index contributed by atoms with van der Waals surface area (Å²) in [6.45, 7) is 10.0. The summed E-state index contributed by atoms with van der Waals surface area (Å²) in [7, 11) is 0. The second-order valence-electron chi connectivity index (χ2n) is 6.25. The maximum atomic E-state index is 9.69. The molecule has 0 spiro atoms. The van der Waals surface area contributed by atoms with Crippen molar-refractivity contribution in [3.63, 3.8) is 0 Å². The monoisotopic (exact) mass is 277 g/mol. The van der Waals surface area contributed by atoms with E-state index in [1.54, 1.807) is 0 Å². The molecule has 0 bridgehead atoms. The topological polar surface area (TPSA) is 41.5 Å². The first-order chi connectivity index (χ1) is 9.56. The number of aliphatic hydroxyl groups excluding tert-OH is 1. The molecule has 0 radical (unpaired) electrons. The van der Waals surface area contributed by atoms with Crippen molar-refractivity contribution in [2.45, 2.75) is 40.2 Å². The summed E-state index contributed by atoms with van der Waals surface area (Å²) in [5.74, 6) is 0. The van der Waals surface area contributed by atoms with Gasteiger partial charge in [0.05, 0.1) is 6.61 Å². The second-order valence-corrected chi connectivity index (χ2v) is 6.25. The maximum absolute atomic E-state index is 9.69. The van der Waals surface area contributed by atoms with Gasteiger partial charge in [0.25, 0.3) is 0 Å². The van der Waals surface area contributed by atoms with Gasteiger partial charge in [-0.25, -0.2) is 0 Å². The summed E-state index contributed by atoms with van der Waals surface area (Å²) >= 11 is 0. The number of nitrogens with one attached hydrogen (secondary N) is 1. The SMILES string of the molecule is Cc1cc(C)c(CNCC2(CO)CCOCC2)c(C)c1. The van der Waals surface area contributed by atoms with Crippen molar-refractivity contribution in [2.75, 3.05) is 26.4 Å². The molecular formula is C17H27NO2. The van der Waals surface area contributed by atoms with E-state index in [0.717, 1.165) is 39.1 Å². The number of benzene rings is 1. The number of aliphatic hydroxyl groups is 1. The van der Waals surface area contributed by atoms with Crippen LogP contribution in [-0.4, -0.2) is 31.5 Å². The Labute approximate surface area is 122 Å². The maximum Gasteiger partial charge on any atom is 0.0501 e. The quantitative estimate of drug-likeness (QED) is 0.869. The molecule has 0 aliphatic carbocycles. The van der Waals surface area contributed by atoms with Gasteiger partial charge in [0, 0.05) is 31.7 Å². The lowest BCUT2D eigenvalue weighted by molar-refractivity contribution is -0.0154. The van der Waals surface area contributed by atoms with Crippen LogP contribution in [0.5, 0.6) is 0 Å². The molecule has 2 rings (SSSR count). The molecule has 2 N–H and O–H groups in total. The third-order valence-electron chi connectivity index (χ3n) is 4.53. The van der Waals surface area contributed by atoms with Crippen molar-refractivity contribution in [3.05, 3.63) is 34.4 Å². The molecule has 1 aliphatic heterocycles. The predicted octanol–water partition coefficient (Wildman–Crippen LogP) is 2.49. The fourth-order valence-corrected chi connectivity index (χ4v) is 3.14. The van der Waals surface area contributed by atoms with E-state index in [2.05, 4.69) is 38.2 Å². The molecular weight excluding hydrogens is 250 g/mol. The first kappa shape index (κ1) is 15.5. The van der Waals surface area contributed by atoms with Crippen LogP contribution in [0.25, 0.3) is 0 Å². The molecule has 0 atom stereocenters. The molecule has 1 saturated heterocycles. The Morgan fingerprint density at radius 3 is 2.30 bits per heavy atom. The Bertz CT molecular complexity index is 427. The number of rotatable bonds is 5. The fraction of sp³-hybridized carbons (Fsp3) is 0.647. The summed E-state index contributed by atoms with van der Waals surface area (Å²) in [5, 5.41) is 13.2. The third kappa shape index (κ3) is 3.60. The van der Waals surface area contributed by atoms with Crippen molar-refractivity contribution in [1.82, 2.24) is 5.32 Å². The Kier molecular flexibility index (Phi) is 5.19. The van der Waals surface area contributed by atoms with Crippen LogP contribution in [0.2, 0.25) is 0 Å². The van der Waals surface area contributed by atoms with Gasteiger partial charge in [-0.15, -0.1) is 0 Å². The zero-order valence-corrected chi connectivity index (χ0v) is 13.0. The van der Waals surface area contributed by atoms with Gasteiger partial charge in [0.1, 0.15) is 0 Å². The molecule has 1 fully saturated rings. The Balaban J connectivity index is 1.95. The van der Waals surface area contributed by atoms with E-state index in [9.17, 15) is 5.11 Å². The minimum Gasteiger partial charge on any atom is -0.396 e. The summed E-state index contributed by atoms with van der Waals surface area (Å²) in [6.07, 6.45) is 1.89. The zero-order chi connectivity index (χ0) is 14.6. The van der Waals surface area contributed by atoms with E-state index in [1.165, 1.54) is 22.3 Å². The van der Waals surface area contributed by atoms with Gasteiger partial charge in [-0.05, 0) is 50.3 Å². The van der Waals surface area contributed by atoms with Crippen molar-refractivity contribution in [3.8, 4) is 0 Å². The molecule has 0 saturated carbocycles. The van der Waals surface area contributed by atoms with Crippen LogP contribution < -0.4 is 5.32 Å². The first-order valence-electron chi connectivity index (χ1n) is 7.52. The highest BCUT2D eigenvalue weighted by molar-refractivity contribution is 5.37. The van der Waals surface area contributed by atoms with Crippen molar-refractivity contribution in [2.24, 2.45) is 5.41 Å². The molecule has 3 heteroatoms. The van der Waals surface area contributed by atoms with Crippen molar-refractivity contribution >= 4 is 0 Å².